The lowest BCUT2D eigenvalue weighted by Crippen LogP contribution is -2.37. The lowest BCUT2D eigenvalue weighted by molar-refractivity contribution is -0.148. The summed E-state index contributed by atoms with van der Waals surface area (Å²) >= 11 is 2.98. The highest BCUT2D eigenvalue weighted by molar-refractivity contribution is 7.16. The third-order valence-corrected chi connectivity index (χ3v) is 6.66. The Hall–Kier alpha value is -1.73. The highest BCUT2D eigenvalue weighted by Gasteiger charge is 2.54. The molecule has 0 radical (unpaired) electrons. The SMILES string of the molecule is O=C(Nc1nc(-c2cccs2)cs1)[C@@H]1[C@H]2CC[C@@H](C2)[C@@H]1C(=O)O. The van der Waals surface area contributed by atoms with Crippen LogP contribution in [0.2, 0.25) is 0 Å². The predicted molar refractivity (Wildman–Crippen MR) is 89.5 cm³/mol. The van der Waals surface area contributed by atoms with Crippen molar-refractivity contribution >= 4 is 39.7 Å². The average molecular weight is 348 g/mol. The van der Waals surface area contributed by atoms with Gasteiger partial charge in [-0.25, -0.2) is 4.98 Å². The molecule has 2 heterocycles. The molecule has 23 heavy (non-hydrogen) atoms. The van der Waals surface area contributed by atoms with Crippen LogP contribution in [0, 0.1) is 23.7 Å². The molecule has 2 saturated carbocycles. The van der Waals surface area contributed by atoms with Crippen molar-refractivity contribution in [3.8, 4) is 10.6 Å². The molecule has 0 aromatic carbocycles. The molecule has 1 amide bonds. The van der Waals surface area contributed by atoms with Crippen molar-refractivity contribution in [3.05, 3.63) is 22.9 Å². The van der Waals surface area contributed by atoms with Crippen LogP contribution in [0.4, 0.5) is 5.13 Å². The number of nitrogens with zero attached hydrogens (tertiary/aromatic N) is 1. The summed E-state index contributed by atoms with van der Waals surface area (Å²) in [5.41, 5.74) is 0.850. The minimum atomic E-state index is -0.837. The maximum absolute atomic E-state index is 12.6. The van der Waals surface area contributed by atoms with Gasteiger partial charge in [0.15, 0.2) is 5.13 Å². The van der Waals surface area contributed by atoms with Gasteiger partial charge in [0.05, 0.1) is 22.4 Å². The number of thiophene rings is 1. The maximum atomic E-state index is 12.6. The zero-order valence-electron chi connectivity index (χ0n) is 12.3. The first-order chi connectivity index (χ1) is 11.1. The van der Waals surface area contributed by atoms with Crippen molar-refractivity contribution in [1.82, 2.24) is 4.98 Å². The zero-order valence-corrected chi connectivity index (χ0v) is 13.9. The molecule has 2 N–H and O–H groups in total. The molecule has 0 aliphatic heterocycles. The first-order valence-electron chi connectivity index (χ1n) is 7.66. The number of carboxylic acid groups (broad SMARTS) is 1. The molecule has 4 rings (SSSR count). The second-order valence-corrected chi connectivity index (χ2v) is 8.03. The number of hydrogen-bond donors (Lipinski definition) is 2. The van der Waals surface area contributed by atoms with E-state index in [1.54, 1.807) is 11.3 Å². The first kappa shape index (κ1) is 14.8. The summed E-state index contributed by atoms with van der Waals surface area (Å²) in [6.45, 7) is 0. The molecular weight excluding hydrogens is 332 g/mol. The van der Waals surface area contributed by atoms with Crippen molar-refractivity contribution in [2.75, 3.05) is 5.32 Å². The number of fused-ring (bicyclic) bond motifs is 2. The fourth-order valence-corrected chi connectivity index (χ4v) is 5.56. The molecule has 5 nitrogen and oxygen atoms in total. The molecule has 120 valence electrons. The Morgan fingerprint density at radius 1 is 1.22 bits per heavy atom. The van der Waals surface area contributed by atoms with Crippen molar-refractivity contribution < 1.29 is 14.7 Å². The molecule has 2 aromatic rings. The minimum absolute atomic E-state index is 0.159. The Balaban J connectivity index is 1.51. The summed E-state index contributed by atoms with van der Waals surface area (Å²) in [5.74, 6) is -1.61. The van der Waals surface area contributed by atoms with E-state index in [1.807, 2.05) is 22.9 Å². The number of carboxylic acids is 1. The number of hydrogen-bond acceptors (Lipinski definition) is 5. The number of aliphatic carboxylic acids is 1. The summed E-state index contributed by atoms with van der Waals surface area (Å²) < 4.78 is 0. The van der Waals surface area contributed by atoms with E-state index in [0.29, 0.717) is 5.13 Å². The molecule has 0 saturated heterocycles. The number of rotatable bonds is 4. The van der Waals surface area contributed by atoms with Crippen LogP contribution < -0.4 is 5.32 Å². The zero-order chi connectivity index (χ0) is 16.0. The molecule has 4 atom stereocenters. The Labute approximate surface area is 141 Å². The number of anilines is 1. The highest BCUT2D eigenvalue weighted by atomic mass is 32.1. The third-order valence-electron chi connectivity index (χ3n) is 5.01. The quantitative estimate of drug-likeness (QED) is 0.885. The molecule has 2 fully saturated rings. The summed E-state index contributed by atoms with van der Waals surface area (Å²) in [5, 5.41) is 16.7. The van der Waals surface area contributed by atoms with Gasteiger partial charge in [-0.05, 0) is 42.5 Å². The smallest absolute Gasteiger partial charge is 0.307 e. The Morgan fingerprint density at radius 3 is 2.70 bits per heavy atom. The van der Waals surface area contributed by atoms with Gasteiger partial charge in [-0.2, -0.15) is 0 Å². The molecule has 2 aliphatic rings. The second kappa shape index (κ2) is 5.72. The van der Waals surface area contributed by atoms with Gasteiger partial charge in [0.25, 0.3) is 0 Å². The first-order valence-corrected chi connectivity index (χ1v) is 9.42. The van der Waals surface area contributed by atoms with E-state index in [9.17, 15) is 14.7 Å². The fourth-order valence-electron chi connectivity index (χ4n) is 4.08. The van der Waals surface area contributed by atoms with Gasteiger partial charge < -0.3 is 10.4 Å². The summed E-state index contributed by atoms with van der Waals surface area (Å²) in [6, 6.07) is 3.95. The molecular formula is C16H16N2O3S2. The number of carbonyl (C=O) groups excluding carboxylic acids is 1. The van der Waals surface area contributed by atoms with Gasteiger partial charge >= 0.3 is 5.97 Å². The van der Waals surface area contributed by atoms with Crippen LogP contribution in [0.1, 0.15) is 19.3 Å². The van der Waals surface area contributed by atoms with Gasteiger partial charge in [0.2, 0.25) is 5.91 Å². The Kier molecular flexibility index (Phi) is 3.69. The van der Waals surface area contributed by atoms with Crippen molar-refractivity contribution in [2.24, 2.45) is 23.7 Å². The number of amides is 1. The standard InChI is InChI=1S/C16H16N2O3S2/c19-14(12-8-3-4-9(6-8)13(12)15(20)21)18-16-17-10(7-23-16)11-2-1-5-22-11/h1-2,5,7-9,12-13H,3-4,6H2,(H,20,21)(H,17,18,19)/t8-,9-,12+,13-/m0/s1. The lowest BCUT2D eigenvalue weighted by Gasteiger charge is -2.26. The largest absolute Gasteiger partial charge is 0.481 e. The van der Waals surface area contributed by atoms with Gasteiger partial charge in [0.1, 0.15) is 0 Å². The summed E-state index contributed by atoms with van der Waals surface area (Å²) in [6.07, 6.45) is 2.77. The van der Waals surface area contributed by atoms with E-state index in [2.05, 4.69) is 10.3 Å². The van der Waals surface area contributed by atoms with Gasteiger partial charge in [-0.1, -0.05) is 6.07 Å². The summed E-state index contributed by atoms with van der Waals surface area (Å²) in [7, 11) is 0. The van der Waals surface area contributed by atoms with Crippen LogP contribution in [0.15, 0.2) is 22.9 Å². The van der Waals surface area contributed by atoms with E-state index >= 15 is 0 Å². The molecule has 2 bridgehead atoms. The maximum Gasteiger partial charge on any atom is 0.307 e. The predicted octanol–water partition coefficient (Wildman–Crippen LogP) is 3.56. The lowest BCUT2D eigenvalue weighted by atomic mass is 9.79. The summed E-state index contributed by atoms with van der Waals surface area (Å²) in [4.78, 5) is 29.6. The molecule has 0 spiro atoms. The van der Waals surface area contributed by atoms with Gasteiger partial charge in [0, 0.05) is 5.38 Å². The molecule has 2 aromatic heterocycles. The number of nitrogens with one attached hydrogen (secondary N) is 1. The molecule has 7 heteroatoms. The number of aromatic nitrogens is 1. The average Bonchev–Trinajstić information content (AvgIpc) is 3.28. The van der Waals surface area contributed by atoms with Crippen molar-refractivity contribution in [1.29, 1.82) is 0 Å². The number of carbonyl (C=O) groups is 2. The fraction of sp³-hybridized carbons (Fsp3) is 0.438. The van der Waals surface area contributed by atoms with E-state index in [4.69, 9.17) is 0 Å². The minimum Gasteiger partial charge on any atom is -0.481 e. The topological polar surface area (TPSA) is 79.3 Å². The monoisotopic (exact) mass is 348 g/mol. The Bertz CT molecular complexity index is 740. The van der Waals surface area contributed by atoms with Crippen LogP contribution in [0.25, 0.3) is 10.6 Å². The van der Waals surface area contributed by atoms with E-state index in [-0.39, 0.29) is 17.7 Å². The van der Waals surface area contributed by atoms with E-state index in [0.717, 1.165) is 29.8 Å². The van der Waals surface area contributed by atoms with Crippen LogP contribution in [0.5, 0.6) is 0 Å². The van der Waals surface area contributed by atoms with E-state index in [1.165, 1.54) is 11.3 Å². The van der Waals surface area contributed by atoms with Crippen molar-refractivity contribution in [3.63, 3.8) is 0 Å². The third kappa shape index (κ3) is 2.57. The number of thiazole rings is 1. The van der Waals surface area contributed by atoms with Crippen molar-refractivity contribution in [2.45, 2.75) is 19.3 Å². The Morgan fingerprint density at radius 2 is 2.00 bits per heavy atom. The van der Waals surface area contributed by atoms with Crippen LogP contribution in [-0.2, 0) is 9.59 Å². The van der Waals surface area contributed by atoms with Gasteiger partial charge in [-0.3, -0.25) is 9.59 Å². The second-order valence-electron chi connectivity index (χ2n) is 6.23. The molecule has 2 aliphatic carbocycles. The highest BCUT2D eigenvalue weighted by Crippen LogP contribution is 2.52. The van der Waals surface area contributed by atoms with E-state index < -0.39 is 17.8 Å². The van der Waals surface area contributed by atoms with Crippen LogP contribution in [0.3, 0.4) is 0 Å². The molecule has 0 unspecified atom stereocenters. The van der Waals surface area contributed by atoms with Crippen LogP contribution >= 0.6 is 22.7 Å². The normalized spacial score (nSPS) is 28.9. The van der Waals surface area contributed by atoms with Gasteiger partial charge in [-0.15, -0.1) is 22.7 Å². The van der Waals surface area contributed by atoms with Crippen LogP contribution in [-0.4, -0.2) is 22.0 Å².